The molecule has 1 aliphatic heterocycles. The molecule has 1 fully saturated rings. The van der Waals surface area contributed by atoms with Gasteiger partial charge in [-0.1, -0.05) is 36.4 Å². The van der Waals surface area contributed by atoms with E-state index in [1.807, 2.05) is 24.3 Å². The lowest BCUT2D eigenvalue weighted by atomic mass is 9.86. The largest absolute Gasteiger partial charge is 0.573 e. The maximum absolute atomic E-state index is 13.3. The zero-order chi connectivity index (χ0) is 26.2. The number of rotatable bonds is 5. The molecule has 3 aromatic carbocycles. The third-order valence-electron chi connectivity index (χ3n) is 7.03. The van der Waals surface area contributed by atoms with Gasteiger partial charge in [0.25, 0.3) is 0 Å². The Kier molecular flexibility index (Phi) is 6.91. The molecule has 1 aliphatic carbocycles. The molecule has 1 saturated carbocycles. The van der Waals surface area contributed by atoms with Crippen LogP contribution in [0.3, 0.4) is 0 Å². The summed E-state index contributed by atoms with van der Waals surface area (Å²) in [5, 5.41) is 11.5. The van der Waals surface area contributed by atoms with Crippen LogP contribution in [-0.4, -0.2) is 33.9 Å². The van der Waals surface area contributed by atoms with Crippen molar-refractivity contribution in [3.63, 3.8) is 0 Å². The summed E-state index contributed by atoms with van der Waals surface area (Å²) in [4.78, 5) is 2.20. The highest BCUT2D eigenvalue weighted by molar-refractivity contribution is 7.90. The van der Waals surface area contributed by atoms with Crippen LogP contribution in [0.5, 0.6) is 5.75 Å². The lowest BCUT2D eigenvalue weighted by molar-refractivity contribution is -0.274. The second-order valence-electron chi connectivity index (χ2n) is 9.42. The minimum atomic E-state index is -4.84. The van der Waals surface area contributed by atoms with Crippen molar-refractivity contribution < 1.29 is 27.2 Å². The third-order valence-corrected chi connectivity index (χ3v) is 8.60. The first-order valence-electron chi connectivity index (χ1n) is 12.2. The summed E-state index contributed by atoms with van der Waals surface area (Å²) in [5.74, 6) is -0.456. The number of para-hydroxylation sites is 2. The molecular weight excluding hydrogens is 503 g/mol. The number of hydrogen-bond acceptors (Lipinski definition) is 5. The van der Waals surface area contributed by atoms with Crippen molar-refractivity contribution in [2.24, 2.45) is 0 Å². The lowest BCUT2D eigenvalue weighted by Crippen LogP contribution is -2.55. The normalized spacial score (nSPS) is 23.4. The van der Waals surface area contributed by atoms with Gasteiger partial charge in [-0.05, 0) is 79.6 Å². The van der Waals surface area contributed by atoms with Gasteiger partial charge in [-0.25, -0.2) is 13.7 Å². The molecule has 196 valence electrons. The van der Waals surface area contributed by atoms with E-state index in [1.54, 1.807) is 0 Å². The maximum Gasteiger partial charge on any atom is 0.573 e. The number of benzene rings is 3. The van der Waals surface area contributed by atoms with Crippen LogP contribution < -0.4 is 14.4 Å². The topological polar surface area (TPSA) is 85.7 Å². The second kappa shape index (κ2) is 10.00. The van der Waals surface area contributed by atoms with Crippen molar-refractivity contribution >= 4 is 21.3 Å². The molecule has 6 nitrogen and oxygen atoms in total. The Morgan fingerprint density at radius 2 is 1.49 bits per heavy atom. The van der Waals surface area contributed by atoms with E-state index in [2.05, 4.69) is 38.6 Å². The highest BCUT2D eigenvalue weighted by atomic mass is 32.2. The smallest absolute Gasteiger partial charge is 0.406 e. The summed E-state index contributed by atoms with van der Waals surface area (Å²) in [7, 11) is -3.60. The lowest BCUT2D eigenvalue weighted by Gasteiger charge is -2.43. The molecule has 3 aromatic rings. The molecule has 0 saturated heterocycles. The van der Waals surface area contributed by atoms with Crippen LogP contribution in [0.4, 0.5) is 24.5 Å². The fourth-order valence-corrected chi connectivity index (χ4v) is 6.69. The van der Waals surface area contributed by atoms with E-state index < -0.39 is 34.2 Å². The number of nitrogens with zero attached hydrogens (tertiary/aromatic N) is 1. The molecule has 0 spiro atoms. The molecule has 0 radical (unpaired) electrons. The first-order chi connectivity index (χ1) is 17.6. The van der Waals surface area contributed by atoms with E-state index in [0.29, 0.717) is 12.8 Å². The van der Waals surface area contributed by atoms with Gasteiger partial charge in [0.2, 0.25) is 0 Å². The molecule has 0 aromatic heterocycles. The predicted octanol–water partition coefficient (Wildman–Crippen LogP) is 5.71. The monoisotopic (exact) mass is 531 g/mol. The average Bonchev–Trinajstić information content (AvgIpc) is 3.02. The Morgan fingerprint density at radius 3 is 2.05 bits per heavy atom. The minimum absolute atomic E-state index is 0.0156. The van der Waals surface area contributed by atoms with Gasteiger partial charge in [0, 0.05) is 17.4 Å². The van der Waals surface area contributed by atoms with Crippen molar-refractivity contribution in [3.8, 4) is 5.75 Å². The quantitative estimate of drug-likeness (QED) is 0.394. The van der Waals surface area contributed by atoms with Crippen LogP contribution >= 0.6 is 0 Å². The van der Waals surface area contributed by atoms with Crippen LogP contribution in [0.1, 0.15) is 30.4 Å². The number of nitrogens with one attached hydrogen (secondary N) is 2. The number of aryl methyl sites for hydroxylation is 2. The summed E-state index contributed by atoms with van der Waals surface area (Å²) < 4.78 is 65.8. The molecule has 4 atom stereocenters. The van der Waals surface area contributed by atoms with Gasteiger partial charge in [-0.2, -0.15) is 0 Å². The third kappa shape index (κ3) is 5.46. The van der Waals surface area contributed by atoms with E-state index in [4.69, 9.17) is 4.78 Å². The van der Waals surface area contributed by atoms with Gasteiger partial charge in [0.05, 0.1) is 17.0 Å². The highest BCUT2D eigenvalue weighted by Crippen LogP contribution is 2.41. The summed E-state index contributed by atoms with van der Waals surface area (Å²) >= 11 is 0. The van der Waals surface area contributed by atoms with E-state index in [1.165, 1.54) is 23.3 Å². The van der Waals surface area contributed by atoms with Gasteiger partial charge in [0.15, 0.2) is 0 Å². The van der Waals surface area contributed by atoms with Gasteiger partial charge in [0.1, 0.15) is 15.7 Å². The van der Waals surface area contributed by atoms with Crippen LogP contribution in [-0.2, 0) is 22.8 Å². The number of anilines is 2. The summed E-state index contributed by atoms with van der Waals surface area (Å²) in [6, 6.07) is 19.7. The molecule has 0 bridgehead atoms. The number of alkyl halides is 3. The van der Waals surface area contributed by atoms with Crippen LogP contribution in [0, 0.1) is 4.78 Å². The van der Waals surface area contributed by atoms with Crippen molar-refractivity contribution in [1.29, 1.82) is 4.78 Å². The van der Waals surface area contributed by atoms with Gasteiger partial charge in [-0.15, -0.1) is 13.2 Å². The van der Waals surface area contributed by atoms with Gasteiger partial charge >= 0.3 is 6.36 Å². The Labute approximate surface area is 214 Å². The SMILES string of the molecule is N=S(=O)(N[C@@H]1CCC[C@H](N2c3ccccc3CCc3ccccc32)[C@H]1O)c1ccc(OC(F)(F)F)cc1. The number of hydrogen-bond donors (Lipinski definition) is 3. The molecule has 0 amide bonds. The summed E-state index contributed by atoms with van der Waals surface area (Å²) in [6.45, 7) is 0. The van der Waals surface area contributed by atoms with E-state index >= 15 is 0 Å². The Hall–Kier alpha value is -3.08. The molecular formula is C27H28F3N3O3S. The molecule has 10 heteroatoms. The van der Waals surface area contributed by atoms with Gasteiger partial charge in [-0.3, -0.25) is 0 Å². The number of fused-ring (bicyclic) bond motifs is 2. The van der Waals surface area contributed by atoms with Crippen molar-refractivity contribution in [3.05, 3.63) is 83.9 Å². The number of ether oxygens (including phenoxy) is 1. The van der Waals surface area contributed by atoms with Gasteiger partial charge < -0.3 is 14.7 Å². The number of halogens is 3. The minimum Gasteiger partial charge on any atom is -0.406 e. The number of aliphatic hydroxyl groups excluding tert-OH is 1. The summed E-state index contributed by atoms with van der Waals surface area (Å²) in [6.07, 6.45) is -2.05. The first-order valence-corrected chi connectivity index (χ1v) is 13.7. The fraction of sp³-hybridized carbons (Fsp3) is 0.333. The Morgan fingerprint density at radius 1 is 0.919 bits per heavy atom. The van der Waals surface area contributed by atoms with Crippen LogP contribution in [0.25, 0.3) is 0 Å². The first kappa shape index (κ1) is 25.6. The number of aliphatic hydroxyl groups is 1. The van der Waals surface area contributed by atoms with E-state index in [0.717, 1.165) is 42.8 Å². The molecule has 3 N–H and O–H groups in total. The zero-order valence-corrected chi connectivity index (χ0v) is 20.8. The Bertz CT molecular complexity index is 1320. The standard InChI is InChI=1S/C27H28F3N3O3S/c28-27(29,30)36-20-14-16-21(17-15-20)37(31,35)32-22-8-5-11-25(26(22)34)33-23-9-3-1-6-18(23)12-13-19-7-2-4-10-24(19)33/h1-4,6-7,9-10,14-17,22,25-26,34H,5,8,11-13H2,(H2,31,32,35)/t22-,25+,26+,37?/m1/s1. The molecule has 37 heavy (non-hydrogen) atoms. The van der Waals surface area contributed by atoms with Crippen molar-refractivity contribution in [1.82, 2.24) is 4.72 Å². The zero-order valence-electron chi connectivity index (χ0n) is 19.9. The molecule has 2 aliphatic rings. The van der Waals surface area contributed by atoms with Crippen LogP contribution in [0.15, 0.2) is 77.7 Å². The highest BCUT2D eigenvalue weighted by Gasteiger charge is 2.39. The van der Waals surface area contributed by atoms with E-state index in [-0.39, 0.29) is 10.9 Å². The second-order valence-corrected chi connectivity index (χ2v) is 11.2. The van der Waals surface area contributed by atoms with Crippen molar-refractivity contribution in [2.75, 3.05) is 4.90 Å². The van der Waals surface area contributed by atoms with Crippen molar-refractivity contribution in [2.45, 2.75) is 61.5 Å². The Balaban J connectivity index is 1.41. The molecule has 1 heterocycles. The average molecular weight is 532 g/mol. The summed E-state index contributed by atoms with van der Waals surface area (Å²) in [5.41, 5.74) is 4.44. The fourth-order valence-electron chi connectivity index (χ4n) is 5.35. The molecule has 1 unspecified atom stereocenters. The maximum atomic E-state index is 13.3. The van der Waals surface area contributed by atoms with Crippen LogP contribution in [0.2, 0.25) is 0 Å². The predicted molar refractivity (Wildman–Crippen MR) is 135 cm³/mol. The molecule has 5 rings (SSSR count). The van der Waals surface area contributed by atoms with E-state index in [9.17, 15) is 22.5 Å².